The summed E-state index contributed by atoms with van der Waals surface area (Å²) >= 11 is 0. The van der Waals surface area contributed by atoms with Crippen molar-refractivity contribution in [1.82, 2.24) is 14.4 Å². The summed E-state index contributed by atoms with van der Waals surface area (Å²) in [7, 11) is 0. The largest absolute Gasteiger partial charge is 0.399 e. The first-order chi connectivity index (χ1) is 11.2. The van der Waals surface area contributed by atoms with E-state index in [2.05, 4.69) is 4.98 Å². The van der Waals surface area contributed by atoms with Crippen molar-refractivity contribution in [2.24, 2.45) is 0 Å². The molecule has 7 nitrogen and oxygen atoms in total. The van der Waals surface area contributed by atoms with Gasteiger partial charge in [0, 0.05) is 6.20 Å². The van der Waals surface area contributed by atoms with Crippen molar-refractivity contribution in [2.75, 3.05) is 0 Å². The van der Waals surface area contributed by atoms with Gasteiger partial charge >= 0.3 is 5.97 Å². The third kappa shape index (κ3) is 1.90. The van der Waals surface area contributed by atoms with E-state index >= 15 is 0 Å². The molecule has 0 spiro atoms. The third-order valence-corrected chi connectivity index (χ3v) is 3.55. The number of nitrogens with zero attached hydrogens (tertiary/aromatic N) is 3. The standard InChI is InChI=1S/C16H9N3O4/c20-14-11-6-1-2-7-12(11)15(21)19(14)23-16(22)13-17-9-10-5-3-4-8-18(10)13/h1-9H. The number of hydrogen-bond donors (Lipinski definition) is 0. The Bertz CT molecular complexity index is 941. The molecule has 0 atom stereocenters. The molecule has 0 radical (unpaired) electrons. The molecule has 0 aliphatic carbocycles. The van der Waals surface area contributed by atoms with Crippen LogP contribution in [0.1, 0.15) is 31.3 Å². The van der Waals surface area contributed by atoms with Gasteiger partial charge in [0.05, 0.1) is 22.8 Å². The second-order valence-electron chi connectivity index (χ2n) is 4.91. The average molecular weight is 307 g/mol. The maximum absolute atomic E-state index is 12.3. The van der Waals surface area contributed by atoms with Crippen molar-refractivity contribution in [3.05, 3.63) is 71.8 Å². The molecule has 0 saturated carbocycles. The number of rotatable bonds is 2. The summed E-state index contributed by atoms with van der Waals surface area (Å²) in [5.74, 6) is -2.23. The van der Waals surface area contributed by atoms with Crippen LogP contribution in [0.15, 0.2) is 54.9 Å². The highest BCUT2D eigenvalue weighted by Crippen LogP contribution is 2.23. The molecule has 23 heavy (non-hydrogen) atoms. The molecule has 0 unspecified atom stereocenters. The Labute approximate surface area is 129 Å². The van der Waals surface area contributed by atoms with Crippen LogP contribution >= 0.6 is 0 Å². The Kier molecular flexibility index (Phi) is 2.74. The van der Waals surface area contributed by atoms with Gasteiger partial charge in [-0.2, -0.15) is 0 Å². The van der Waals surface area contributed by atoms with Crippen LogP contribution in [0.4, 0.5) is 0 Å². The molecule has 4 rings (SSSR count). The number of imide groups is 1. The fourth-order valence-corrected chi connectivity index (χ4v) is 2.47. The van der Waals surface area contributed by atoms with Crippen molar-refractivity contribution >= 4 is 23.3 Å². The van der Waals surface area contributed by atoms with Crippen molar-refractivity contribution in [2.45, 2.75) is 0 Å². The van der Waals surface area contributed by atoms with Crippen LogP contribution in [0, 0.1) is 0 Å². The topological polar surface area (TPSA) is 81.0 Å². The number of fused-ring (bicyclic) bond motifs is 2. The normalized spacial score (nSPS) is 13.5. The fourth-order valence-electron chi connectivity index (χ4n) is 2.47. The smallest absolute Gasteiger partial charge is 0.321 e. The van der Waals surface area contributed by atoms with Crippen LogP contribution in [0.25, 0.3) is 5.52 Å². The van der Waals surface area contributed by atoms with E-state index in [1.165, 1.54) is 22.7 Å². The molecular weight excluding hydrogens is 298 g/mol. The van der Waals surface area contributed by atoms with Crippen LogP contribution in [-0.4, -0.2) is 32.2 Å². The van der Waals surface area contributed by atoms with Crippen LogP contribution in [0.2, 0.25) is 0 Å². The fraction of sp³-hybridized carbons (Fsp3) is 0. The number of aromatic nitrogens is 2. The molecule has 3 aromatic rings. The summed E-state index contributed by atoms with van der Waals surface area (Å²) in [6.07, 6.45) is 3.14. The summed E-state index contributed by atoms with van der Waals surface area (Å²) in [6.45, 7) is 0. The van der Waals surface area contributed by atoms with Gasteiger partial charge in [0.25, 0.3) is 11.8 Å². The molecule has 2 aromatic heterocycles. The SMILES string of the molecule is O=C(ON1C(=O)c2ccccc2C1=O)c1ncc2ccccn12. The number of carbonyl (C=O) groups excluding carboxylic acids is 3. The van der Waals surface area contributed by atoms with Crippen molar-refractivity contribution in [3.63, 3.8) is 0 Å². The Morgan fingerprint density at radius 2 is 1.61 bits per heavy atom. The van der Waals surface area contributed by atoms with Gasteiger partial charge in [0.15, 0.2) is 0 Å². The highest BCUT2D eigenvalue weighted by atomic mass is 16.7. The van der Waals surface area contributed by atoms with E-state index in [0.29, 0.717) is 10.6 Å². The van der Waals surface area contributed by atoms with Gasteiger partial charge in [0.2, 0.25) is 5.82 Å². The zero-order valence-electron chi connectivity index (χ0n) is 11.7. The summed E-state index contributed by atoms with van der Waals surface area (Å²) < 4.78 is 1.51. The Balaban J connectivity index is 1.65. The molecule has 112 valence electrons. The number of imidazole rings is 1. The molecule has 1 aliphatic heterocycles. The van der Waals surface area contributed by atoms with Gasteiger partial charge in [-0.15, -0.1) is 0 Å². The van der Waals surface area contributed by atoms with E-state index in [4.69, 9.17) is 4.84 Å². The Hall–Kier alpha value is -3.48. The molecule has 0 saturated heterocycles. The molecule has 1 aliphatic rings. The first-order valence-corrected chi connectivity index (χ1v) is 6.79. The van der Waals surface area contributed by atoms with Crippen LogP contribution in [-0.2, 0) is 4.84 Å². The van der Waals surface area contributed by atoms with E-state index in [-0.39, 0.29) is 17.0 Å². The minimum Gasteiger partial charge on any atom is -0.321 e. The lowest BCUT2D eigenvalue weighted by Crippen LogP contribution is -2.33. The molecule has 3 heterocycles. The van der Waals surface area contributed by atoms with Gasteiger partial charge in [-0.1, -0.05) is 23.3 Å². The predicted molar refractivity (Wildman–Crippen MR) is 77.5 cm³/mol. The van der Waals surface area contributed by atoms with Gasteiger partial charge in [0.1, 0.15) is 0 Å². The summed E-state index contributed by atoms with van der Waals surface area (Å²) in [4.78, 5) is 45.6. The molecule has 2 amide bonds. The summed E-state index contributed by atoms with van der Waals surface area (Å²) in [5.41, 5.74) is 1.11. The predicted octanol–water partition coefficient (Wildman–Crippen LogP) is 1.70. The first-order valence-electron chi connectivity index (χ1n) is 6.79. The van der Waals surface area contributed by atoms with Crippen LogP contribution < -0.4 is 0 Å². The minimum atomic E-state index is -0.884. The van der Waals surface area contributed by atoms with E-state index in [0.717, 1.165) is 0 Å². The lowest BCUT2D eigenvalue weighted by molar-refractivity contribution is -0.0593. The maximum Gasteiger partial charge on any atom is 0.399 e. The molecule has 0 bridgehead atoms. The van der Waals surface area contributed by atoms with Crippen LogP contribution in [0.5, 0.6) is 0 Å². The van der Waals surface area contributed by atoms with Crippen molar-refractivity contribution in [1.29, 1.82) is 0 Å². The number of hydroxylamine groups is 2. The zero-order valence-corrected chi connectivity index (χ0v) is 11.7. The summed E-state index contributed by atoms with van der Waals surface area (Å²) in [6, 6.07) is 11.6. The number of carbonyl (C=O) groups is 3. The number of amides is 2. The number of pyridine rings is 1. The number of benzene rings is 1. The van der Waals surface area contributed by atoms with Gasteiger partial charge < -0.3 is 4.84 Å². The van der Waals surface area contributed by atoms with Crippen molar-refractivity contribution < 1.29 is 19.2 Å². The summed E-state index contributed by atoms with van der Waals surface area (Å²) in [5, 5.41) is 0.469. The first kappa shape index (κ1) is 13.2. The zero-order chi connectivity index (χ0) is 16.0. The number of hydrogen-bond acceptors (Lipinski definition) is 5. The van der Waals surface area contributed by atoms with Gasteiger partial charge in [-0.25, -0.2) is 9.78 Å². The van der Waals surface area contributed by atoms with Crippen LogP contribution in [0.3, 0.4) is 0 Å². The Morgan fingerprint density at radius 1 is 0.957 bits per heavy atom. The monoisotopic (exact) mass is 307 g/mol. The maximum atomic E-state index is 12.3. The minimum absolute atomic E-state index is 0.0165. The van der Waals surface area contributed by atoms with E-state index in [1.807, 2.05) is 0 Å². The highest BCUT2D eigenvalue weighted by Gasteiger charge is 2.39. The second-order valence-corrected chi connectivity index (χ2v) is 4.91. The average Bonchev–Trinajstić information content (AvgIpc) is 3.11. The van der Waals surface area contributed by atoms with E-state index in [1.54, 1.807) is 36.5 Å². The highest BCUT2D eigenvalue weighted by molar-refractivity contribution is 6.21. The molecule has 0 N–H and O–H groups in total. The molecular formula is C16H9N3O4. The molecule has 7 heteroatoms. The van der Waals surface area contributed by atoms with E-state index in [9.17, 15) is 14.4 Å². The molecule has 0 fully saturated rings. The third-order valence-electron chi connectivity index (χ3n) is 3.55. The second kappa shape index (κ2) is 4.77. The van der Waals surface area contributed by atoms with Gasteiger partial charge in [-0.05, 0) is 24.3 Å². The quantitative estimate of drug-likeness (QED) is 0.673. The lowest BCUT2D eigenvalue weighted by Gasteiger charge is -2.11. The molecule has 1 aromatic carbocycles. The van der Waals surface area contributed by atoms with Crippen molar-refractivity contribution in [3.8, 4) is 0 Å². The Morgan fingerprint density at radius 3 is 2.30 bits per heavy atom. The van der Waals surface area contributed by atoms with E-state index < -0.39 is 17.8 Å². The lowest BCUT2D eigenvalue weighted by atomic mass is 10.1. The van der Waals surface area contributed by atoms with Gasteiger partial charge in [-0.3, -0.25) is 14.0 Å².